The van der Waals surface area contributed by atoms with Gasteiger partial charge in [0.25, 0.3) is 0 Å². The van der Waals surface area contributed by atoms with E-state index in [9.17, 15) is 19.5 Å². The van der Waals surface area contributed by atoms with Crippen LogP contribution in [0.25, 0.3) is 176 Å². The number of aromatic nitrogens is 9. The van der Waals surface area contributed by atoms with E-state index in [1.165, 1.54) is 11.3 Å². The molecule has 0 aliphatic carbocycles. The summed E-state index contributed by atoms with van der Waals surface area (Å²) in [5.41, 5.74) is 15.6. The van der Waals surface area contributed by atoms with Gasteiger partial charge in [0.15, 0.2) is 0 Å². The summed E-state index contributed by atoms with van der Waals surface area (Å²) in [5.74, 6) is 2.33. The average molecular weight is 1550 g/mol. The molecule has 10 heterocycles. The van der Waals surface area contributed by atoms with Crippen molar-refractivity contribution in [3.05, 3.63) is 315 Å². The molecular weight excluding hydrogens is 1480 g/mol. The standard InChI is InChI=1S/C20H19N3O2.C20H13N3O.C20H18N2O2S.C17H13N3O2.C16H10N2O2/c1-3-23(4-2)14-10-9-13-11-15(20(24)25-18(13)12-14)19-21-16-7-5-6-8-17(16)22-19;21-19-15(20-22-16-7-3-4-8-17(16)23-20)11-14-13-6-2-1-5-12(13)9-10-18(14)24-19;1-3-22(4-2)14-10-9-13-11-15(20(23)24-17(13)12-14)19-21-16-7-5-6-8-18(16)25-19;18-16-12(17-19-13-3-1-2-4-14(13)20-17)8-11-6-5-10(9-21)7-15(11)22-16;19-16-11(9-10-5-1-4-8-14(10)20-16)15-17-12-6-2-3-7-13(12)18-15/h5-12H,3-4H2,1-2H3,(H,21,22);1-11,21H,(H,22,23);5-12H,3-4H2,1-2H3;1-8,18,21H,9H2,(H,19,20);1-9H,(H,17,18). The highest BCUT2D eigenvalue weighted by molar-refractivity contribution is 7.21. The Morgan fingerprint density at radius 3 is 1.22 bits per heavy atom. The summed E-state index contributed by atoms with van der Waals surface area (Å²) < 4.78 is 28.9. The third-order valence-corrected chi connectivity index (χ3v) is 21.2. The van der Waals surface area contributed by atoms with Gasteiger partial charge in [-0.05, 0) is 177 Å². The van der Waals surface area contributed by atoms with E-state index in [4.69, 9.17) is 32.9 Å². The van der Waals surface area contributed by atoms with Gasteiger partial charge in [-0.25, -0.2) is 39.3 Å². The van der Waals surface area contributed by atoms with E-state index in [0.29, 0.717) is 84.0 Å². The Bertz CT molecular complexity index is 7260. The molecule has 23 heteroatoms. The second-order valence-electron chi connectivity index (χ2n) is 27.3. The lowest BCUT2D eigenvalue weighted by atomic mass is 10.0. The lowest BCUT2D eigenvalue weighted by molar-refractivity contribution is 0.282. The molecule has 0 aliphatic heterocycles. The van der Waals surface area contributed by atoms with Crippen molar-refractivity contribution in [2.24, 2.45) is 0 Å². The third kappa shape index (κ3) is 15.0. The Labute approximate surface area is 663 Å². The Balaban J connectivity index is 0.000000105. The van der Waals surface area contributed by atoms with Crippen LogP contribution in [0.1, 0.15) is 33.3 Å². The van der Waals surface area contributed by atoms with Crippen molar-refractivity contribution in [1.82, 2.24) is 44.9 Å². The first kappa shape index (κ1) is 73.8. The molecule has 11 aromatic carbocycles. The first-order valence-corrected chi connectivity index (χ1v) is 38.6. The number of hydrogen-bond acceptors (Lipinski definition) is 19. The molecule has 0 amide bonds. The van der Waals surface area contributed by atoms with Gasteiger partial charge in [0.1, 0.15) is 67.3 Å². The molecule has 116 heavy (non-hydrogen) atoms. The van der Waals surface area contributed by atoms with Crippen LogP contribution >= 0.6 is 11.3 Å². The second kappa shape index (κ2) is 32.0. The van der Waals surface area contributed by atoms with Crippen LogP contribution in [0.2, 0.25) is 0 Å². The number of hydrogen-bond donors (Lipinski definition) is 7. The number of para-hydroxylation sites is 10. The lowest BCUT2D eigenvalue weighted by Gasteiger charge is -2.20. The molecule has 0 unspecified atom stereocenters. The third-order valence-electron chi connectivity index (χ3n) is 20.1. The Kier molecular flexibility index (Phi) is 20.4. The number of aliphatic hydroxyl groups is 1. The number of rotatable bonds is 12. The van der Waals surface area contributed by atoms with Crippen LogP contribution < -0.4 is 37.8 Å². The predicted octanol–water partition coefficient (Wildman–Crippen LogP) is 20.0. The summed E-state index contributed by atoms with van der Waals surface area (Å²) in [6.07, 6.45) is 0. The monoisotopic (exact) mass is 1550 g/mol. The zero-order valence-electron chi connectivity index (χ0n) is 63.2. The van der Waals surface area contributed by atoms with Gasteiger partial charge in [0.05, 0.1) is 77.6 Å². The summed E-state index contributed by atoms with van der Waals surface area (Å²) >= 11 is 1.51. The van der Waals surface area contributed by atoms with Gasteiger partial charge < -0.3 is 56.9 Å². The minimum atomic E-state index is -0.386. The first-order valence-electron chi connectivity index (χ1n) is 37.8. The van der Waals surface area contributed by atoms with Crippen LogP contribution in [0.3, 0.4) is 0 Å². The molecule has 0 saturated heterocycles. The maximum atomic E-state index is 12.5. The molecule has 570 valence electrons. The fraction of sp³-hybridized carbons (Fsp3) is 0.0968. The number of H-pyrrole nitrogens is 4. The molecule has 7 N–H and O–H groups in total. The van der Waals surface area contributed by atoms with Gasteiger partial charge >= 0.3 is 16.9 Å². The molecule has 10 aromatic heterocycles. The van der Waals surface area contributed by atoms with Crippen molar-refractivity contribution >= 4 is 143 Å². The highest BCUT2D eigenvalue weighted by Crippen LogP contribution is 2.34. The number of fused-ring (bicyclic) bond motifs is 12. The highest BCUT2D eigenvalue weighted by atomic mass is 32.1. The van der Waals surface area contributed by atoms with Crippen molar-refractivity contribution < 1.29 is 27.2 Å². The van der Waals surface area contributed by atoms with Crippen LogP contribution in [0.4, 0.5) is 11.4 Å². The van der Waals surface area contributed by atoms with Gasteiger partial charge in [-0.3, -0.25) is 10.8 Å². The average Bonchev–Trinajstić information content (AvgIpc) is 1.27. The number of anilines is 2. The lowest BCUT2D eigenvalue weighted by Crippen LogP contribution is -2.21. The van der Waals surface area contributed by atoms with E-state index in [1.54, 1.807) is 18.2 Å². The molecule has 0 saturated carbocycles. The van der Waals surface area contributed by atoms with Crippen molar-refractivity contribution in [3.8, 4) is 56.1 Å². The zero-order valence-corrected chi connectivity index (χ0v) is 64.0. The van der Waals surface area contributed by atoms with Crippen LogP contribution in [-0.4, -0.2) is 76.1 Å². The smallest absolute Gasteiger partial charge is 0.347 e. The van der Waals surface area contributed by atoms with Crippen molar-refractivity contribution in [1.29, 1.82) is 10.8 Å². The molecule has 0 spiro atoms. The van der Waals surface area contributed by atoms with Crippen LogP contribution in [0.15, 0.2) is 303 Å². The summed E-state index contributed by atoms with van der Waals surface area (Å²) in [6, 6.07) is 85.2. The number of aliphatic hydroxyl groups excluding tert-OH is 1. The maximum Gasteiger partial charge on any atom is 0.347 e. The molecule has 0 radical (unpaired) electrons. The van der Waals surface area contributed by atoms with Crippen molar-refractivity contribution in [2.75, 3.05) is 36.0 Å². The topological polar surface area (TPSA) is 319 Å². The molecule has 22 nitrogen and oxygen atoms in total. The normalized spacial score (nSPS) is 11.3. The second-order valence-corrected chi connectivity index (χ2v) is 28.3. The molecule has 21 aromatic rings. The molecular formula is C93H73N13O9S. The molecule has 21 rings (SSSR count). The quantitative estimate of drug-likeness (QED) is 0.0441. The van der Waals surface area contributed by atoms with Crippen molar-refractivity contribution in [2.45, 2.75) is 34.3 Å². The fourth-order valence-corrected chi connectivity index (χ4v) is 15.1. The number of benzene rings is 11. The van der Waals surface area contributed by atoms with E-state index in [0.717, 1.165) is 135 Å². The Morgan fingerprint density at radius 2 is 0.716 bits per heavy atom. The molecule has 0 atom stereocenters. The van der Waals surface area contributed by atoms with E-state index in [1.807, 2.05) is 224 Å². The van der Waals surface area contributed by atoms with E-state index < -0.39 is 0 Å². The van der Waals surface area contributed by atoms with Gasteiger partial charge in [-0.15, -0.1) is 11.3 Å². The zero-order chi connectivity index (χ0) is 79.5. The number of thiazole rings is 1. The molecule has 0 bridgehead atoms. The van der Waals surface area contributed by atoms with Crippen LogP contribution in [0, 0.1) is 10.8 Å². The van der Waals surface area contributed by atoms with E-state index >= 15 is 0 Å². The molecule has 0 fully saturated rings. The first-order chi connectivity index (χ1) is 56.7. The molecule has 0 aliphatic rings. The Morgan fingerprint density at radius 1 is 0.336 bits per heavy atom. The van der Waals surface area contributed by atoms with E-state index in [2.05, 4.69) is 107 Å². The van der Waals surface area contributed by atoms with E-state index in [-0.39, 0.29) is 34.6 Å². The predicted molar refractivity (Wildman–Crippen MR) is 461 cm³/mol. The maximum absolute atomic E-state index is 12.5. The van der Waals surface area contributed by atoms with Crippen LogP contribution in [0.5, 0.6) is 0 Å². The Hall–Kier alpha value is -14.9. The summed E-state index contributed by atoms with van der Waals surface area (Å²) in [7, 11) is 0. The van der Waals surface area contributed by atoms with Gasteiger partial charge in [0, 0.05) is 76.6 Å². The number of aromatic amines is 4. The number of nitrogens with one attached hydrogen (secondary N) is 6. The fourth-order valence-electron chi connectivity index (χ4n) is 14.1. The van der Waals surface area contributed by atoms with Gasteiger partial charge in [-0.1, -0.05) is 121 Å². The summed E-state index contributed by atoms with van der Waals surface area (Å²) in [5, 5.41) is 33.0. The number of nitrogens with zero attached hydrogens (tertiary/aromatic N) is 7. The summed E-state index contributed by atoms with van der Waals surface area (Å²) in [4.78, 5) is 77.0. The highest BCUT2D eigenvalue weighted by Gasteiger charge is 2.19. The SMILES string of the molecule is CCN(CC)c1ccc2cc(-c3nc4ccccc4[nH]3)c(=O)oc2c1.CCN(CC)c1ccc2cc(-c3nc4ccccc4s3)c(=O)oc2c1.N=c1oc2cc(CO)ccc2cc1-c1nc2ccccc2[nH]1.N=c1oc2ccc3ccccc3c2cc1-c1nc2ccccc2[nH]1.O=c1oc2ccccc2cc1-c1nc2ccccc2[nH]1. The van der Waals surface area contributed by atoms with Gasteiger partial charge in [-0.2, -0.15) is 0 Å². The van der Waals surface area contributed by atoms with Gasteiger partial charge in [0.2, 0.25) is 11.1 Å². The summed E-state index contributed by atoms with van der Waals surface area (Å²) in [6.45, 7) is 12.0. The number of imidazole rings is 4. The minimum absolute atomic E-state index is 0.0432. The van der Waals surface area contributed by atoms with Crippen molar-refractivity contribution in [3.63, 3.8) is 0 Å². The van der Waals surface area contributed by atoms with Crippen LogP contribution in [-0.2, 0) is 6.61 Å². The minimum Gasteiger partial charge on any atom is -0.438 e. The largest absolute Gasteiger partial charge is 0.438 e.